The van der Waals surface area contributed by atoms with Crippen LogP contribution in [0.1, 0.15) is 5.56 Å². The van der Waals surface area contributed by atoms with Crippen LogP contribution in [0.15, 0.2) is 18.2 Å². The maximum absolute atomic E-state index is 13.3. The van der Waals surface area contributed by atoms with Gasteiger partial charge in [0.05, 0.1) is 0 Å². The molecule has 5 heteroatoms. The number of nitrogens with zero attached hydrogens (tertiary/aromatic N) is 1. The van der Waals surface area contributed by atoms with Gasteiger partial charge in [0.1, 0.15) is 5.82 Å². The molecule has 0 bridgehead atoms. The normalized spacial score (nSPS) is 10.4. The molecule has 0 aliphatic carbocycles. The van der Waals surface area contributed by atoms with Gasteiger partial charge in [0, 0.05) is 18.8 Å². The fourth-order valence-electron chi connectivity index (χ4n) is 1.24. The number of aryl methyl sites for hydroxylation is 1. The molecule has 0 amide bonds. The topological polar surface area (TPSA) is 27.3 Å². The third-order valence-corrected chi connectivity index (χ3v) is 2.52. The second kappa shape index (κ2) is 6.51. The summed E-state index contributed by atoms with van der Waals surface area (Å²) in [5, 5.41) is 6.51. The van der Waals surface area contributed by atoms with Gasteiger partial charge in [-0.2, -0.15) is 0 Å². The molecule has 3 nitrogen and oxygen atoms in total. The minimum atomic E-state index is -0.230. The lowest BCUT2D eigenvalue weighted by atomic mass is 10.2. The average Bonchev–Trinajstić information content (AvgIpc) is 2.23. The summed E-state index contributed by atoms with van der Waals surface area (Å²) in [6, 6.07) is 4.97. The van der Waals surface area contributed by atoms with E-state index in [1.807, 2.05) is 14.1 Å². The Morgan fingerprint density at radius 2 is 2.12 bits per heavy atom. The molecule has 0 aliphatic rings. The van der Waals surface area contributed by atoms with Crippen LogP contribution in [0.5, 0.6) is 0 Å². The molecule has 17 heavy (non-hydrogen) atoms. The molecule has 0 aromatic heterocycles. The third-order valence-electron chi connectivity index (χ3n) is 2.27. The Morgan fingerprint density at radius 1 is 1.41 bits per heavy atom. The van der Waals surface area contributed by atoms with Gasteiger partial charge in [0.2, 0.25) is 0 Å². The summed E-state index contributed by atoms with van der Waals surface area (Å²) in [5.74, 6) is -0.230. The van der Waals surface area contributed by atoms with Gasteiger partial charge in [0.25, 0.3) is 0 Å². The van der Waals surface area contributed by atoms with Crippen LogP contribution >= 0.6 is 12.2 Å². The Kier molecular flexibility index (Phi) is 5.31. The zero-order valence-corrected chi connectivity index (χ0v) is 11.2. The number of likely N-dealkylation sites (N-methyl/N-ethyl adjacent to an activating group) is 1. The molecule has 1 rings (SSSR count). The SMILES string of the molecule is Cc1ccc(NC(=S)NCCN(C)C)cc1F. The molecule has 0 heterocycles. The number of anilines is 1. The highest BCUT2D eigenvalue weighted by molar-refractivity contribution is 7.80. The van der Waals surface area contributed by atoms with Crippen LogP contribution in [0.4, 0.5) is 10.1 Å². The number of hydrogen-bond acceptors (Lipinski definition) is 2. The van der Waals surface area contributed by atoms with Gasteiger partial charge in [-0.25, -0.2) is 4.39 Å². The first kappa shape index (κ1) is 13.9. The molecule has 1 aromatic rings. The van der Waals surface area contributed by atoms with Crippen molar-refractivity contribution < 1.29 is 4.39 Å². The Balaban J connectivity index is 2.42. The van der Waals surface area contributed by atoms with Crippen LogP contribution in [-0.4, -0.2) is 37.2 Å². The second-order valence-electron chi connectivity index (χ2n) is 4.15. The van der Waals surface area contributed by atoms with Crippen LogP contribution in [0.25, 0.3) is 0 Å². The molecule has 0 fully saturated rings. The first-order chi connectivity index (χ1) is 7.99. The van der Waals surface area contributed by atoms with Gasteiger partial charge < -0.3 is 15.5 Å². The molecule has 0 unspecified atom stereocenters. The quantitative estimate of drug-likeness (QED) is 0.805. The van der Waals surface area contributed by atoms with Crippen LogP contribution in [-0.2, 0) is 0 Å². The van der Waals surface area contributed by atoms with Crippen molar-refractivity contribution in [3.8, 4) is 0 Å². The molecular weight excluding hydrogens is 237 g/mol. The summed E-state index contributed by atoms with van der Waals surface area (Å²) in [5.41, 5.74) is 1.29. The molecule has 0 aliphatic heterocycles. The lowest BCUT2D eigenvalue weighted by molar-refractivity contribution is 0.413. The van der Waals surface area contributed by atoms with Crippen molar-refractivity contribution in [2.45, 2.75) is 6.92 Å². The van der Waals surface area contributed by atoms with E-state index in [9.17, 15) is 4.39 Å². The van der Waals surface area contributed by atoms with Crippen molar-refractivity contribution in [3.05, 3.63) is 29.6 Å². The Labute approximate surface area is 107 Å². The Hall–Kier alpha value is -1.20. The van der Waals surface area contributed by atoms with Crippen LogP contribution in [0.2, 0.25) is 0 Å². The Bertz CT molecular complexity index is 393. The summed E-state index contributed by atoms with van der Waals surface area (Å²) in [6.45, 7) is 3.38. The van der Waals surface area contributed by atoms with Crippen LogP contribution in [0, 0.1) is 12.7 Å². The van der Waals surface area contributed by atoms with Gasteiger partial charge >= 0.3 is 0 Å². The zero-order valence-electron chi connectivity index (χ0n) is 10.4. The number of halogens is 1. The van der Waals surface area contributed by atoms with E-state index in [1.54, 1.807) is 19.1 Å². The molecule has 0 radical (unpaired) electrons. The highest BCUT2D eigenvalue weighted by atomic mass is 32.1. The smallest absolute Gasteiger partial charge is 0.170 e. The molecule has 0 spiro atoms. The van der Waals surface area contributed by atoms with Crippen molar-refractivity contribution in [2.75, 3.05) is 32.5 Å². The first-order valence-corrected chi connectivity index (χ1v) is 5.85. The maximum Gasteiger partial charge on any atom is 0.170 e. The number of benzene rings is 1. The number of nitrogens with one attached hydrogen (secondary N) is 2. The largest absolute Gasteiger partial charge is 0.361 e. The molecule has 0 saturated carbocycles. The van der Waals surface area contributed by atoms with Crippen LogP contribution < -0.4 is 10.6 Å². The zero-order chi connectivity index (χ0) is 12.8. The van der Waals surface area contributed by atoms with Crippen molar-refractivity contribution >= 4 is 23.0 Å². The fraction of sp³-hybridized carbons (Fsp3) is 0.417. The molecule has 2 N–H and O–H groups in total. The van der Waals surface area contributed by atoms with Gasteiger partial charge in [0.15, 0.2) is 5.11 Å². The number of rotatable bonds is 4. The van der Waals surface area contributed by atoms with Gasteiger partial charge in [-0.1, -0.05) is 6.07 Å². The predicted molar refractivity (Wildman–Crippen MR) is 73.9 cm³/mol. The van der Waals surface area contributed by atoms with E-state index in [0.717, 1.165) is 13.1 Å². The number of hydrogen-bond donors (Lipinski definition) is 2. The highest BCUT2D eigenvalue weighted by Crippen LogP contribution is 2.13. The summed E-state index contributed by atoms with van der Waals surface area (Å²) in [7, 11) is 3.99. The lowest BCUT2D eigenvalue weighted by Gasteiger charge is -2.13. The van der Waals surface area contributed by atoms with Gasteiger partial charge in [-0.05, 0) is 50.9 Å². The lowest BCUT2D eigenvalue weighted by Crippen LogP contribution is -2.34. The molecule has 0 saturated heterocycles. The van der Waals surface area contributed by atoms with Crippen LogP contribution in [0.3, 0.4) is 0 Å². The minimum absolute atomic E-state index is 0.230. The highest BCUT2D eigenvalue weighted by Gasteiger charge is 2.01. The van der Waals surface area contributed by atoms with E-state index in [4.69, 9.17) is 12.2 Å². The van der Waals surface area contributed by atoms with E-state index >= 15 is 0 Å². The molecular formula is C12H18FN3S. The summed E-state index contributed by atoms with van der Waals surface area (Å²) in [6.07, 6.45) is 0. The standard InChI is InChI=1S/C12H18FN3S/c1-9-4-5-10(8-11(9)13)15-12(17)14-6-7-16(2)3/h4-5,8H,6-7H2,1-3H3,(H2,14,15,17). The van der Waals surface area contributed by atoms with E-state index in [1.165, 1.54) is 6.07 Å². The Morgan fingerprint density at radius 3 is 2.71 bits per heavy atom. The predicted octanol–water partition coefficient (Wildman–Crippen LogP) is 1.98. The van der Waals surface area contributed by atoms with Gasteiger partial charge in [-0.15, -0.1) is 0 Å². The van der Waals surface area contributed by atoms with Crippen molar-refractivity contribution in [2.24, 2.45) is 0 Å². The molecule has 0 atom stereocenters. The van der Waals surface area contributed by atoms with E-state index in [0.29, 0.717) is 16.4 Å². The molecule has 1 aromatic carbocycles. The summed E-state index contributed by atoms with van der Waals surface area (Å²) < 4.78 is 13.3. The fourth-order valence-corrected chi connectivity index (χ4v) is 1.46. The van der Waals surface area contributed by atoms with Crippen molar-refractivity contribution in [1.29, 1.82) is 0 Å². The van der Waals surface area contributed by atoms with Gasteiger partial charge in [-0.3, -0.25) is 0 Å². The number of thiocarbonyl (C=S) groups is 1. The first-order valence-electron chi connectivity index (χ1n) is 5.45. The minimum Gasteiger partial charge on any atom is -0.361 e. The summed E-state index contributed by atoms with van der Waals surface area (Å²) in [4.78, 5) is 2.06. The van der Waals surface area contributed by atoms with E-state index < -0.39 is 0 Å². The monoisotopic (exact) mass is 255 g/mol. The second-order valence-corrected chi connectivity index (χ2v) is 4.56. The average molecular weight is 255 g/mol. The summed E-state index contributed by atoms with van der Waals surface area (Å²) >= 11 is 5.10. The van der Waals surface area contributed by atoms with E-state index in [2.05, 4.69) is 15.5 Å². The third kappa shape index (κ3) is 5.10. The molecule has 94 valence electrons. The van der Waals surface area contributed by atoms with E-state index in [-0.39, 0.29) is 5.82 Å². The van der Waals surface area contributed by atoms with Crippen molar-refractivity contribution in [1.82, 2.24) is 10.2 Å². The maximum atomic E-state index is 13.3. The van der Waals surface area contributed by atoms with Crippen molar-refractivity contribution in [3.63, 3.8) is 0 Å².